The lowest BCUT2D eigenvalue weighted by Gasteiger charge is -2.17. The predicted octanol–water partition coefficient (Wildman–Crippen LogP) is 4.16. The monoisotopic (exact) mass is 370 g/mol. The van der Waals surface area contributed by atoms with E-state index in [1.165, 1.54) is 30.3 Å². The van der Waals surface area contributed by atoms with E-state index in [1.54, 1.807) is 19.2 Å². The van der Waals surface area contributed by atoms with Crippen LogP contribution in [0.5, 0.6) is 0 Å². The second-order valence-corrected chi connectivity index (χ2v) is 7.89. The van der Waals surface area contributed by atoms with Gasteiger partial charge in [0.25, 0.3) is 5.56 Å². The number of anilines is 1. The molecular formula is C22H30N2O3. The third-order valence-electron chi connectivity index (χ3n) is 5.77. The Morgan fingerprint density at radius 3 is 2.56 bits per heavy atom. The highest BCUT2D eigenvalue weighted by Crippen LogP contribution is 2.28. The van der Waals surface area contributed by atoms with Gasteiger partial charge in [-0.25, -0.2) is 0 Å². The Hall–Kier alpha value is -2.14. The molecule has 1 fully saturated rings. The van der Waals surface area contributed by atoms with Crippen molar-refractivity contribution in [3.63, 3.8) is 0 Å². The minimum absolute atomic E-state index is 0.0328. The molecule has 0 aliphatic heterocycles. The molecule has 1 saturated carbocycles. The van der Waals surface area contributed by atoms with Crippen LogP contribution in [0.3, 0.4) is 0 Å². The van der Waals surface area contributed by atoms with E-state index >= 15 is 0 Å². The topological polar surface area (TPSA) is 71.3 Å². The van der Waals surface area contributed by atoms with Gasteiger partial charge in [-0.3, -0.25) is 9.59 Å². The zero-order valence-corrected chi connectivity index (χ0v) is 16.3. The van der Waals surface area contributed by atoms with E-state index < -0.39 is 0 Å². The molecule has 0 spiro atoms. The van der Waals surface area contributed by atoms with Crippen LogP contribution in [0.2, 0.25) is 0 Å². The molecule has 1 aliphatic carbocycles. The summed E-state index contributed by atoms with van der Waals surface area (Å²) < 4.78 is 1.54. The minimum atomic E-state index is -0.281. The molecule has 3 rings (SSSR count). The quantitative estimate of drug-likeness (QED) is 0.776. The molecule has 27 heavy (non-hydrogen) atoms. The fraction of sp³-hybridized carbons (Fsp3) is 0.545. The van der Waals surface area contributed by atoms with E-state index in [0.717, 1.165) is 29.5 Å². The lowest BCUT2D eigenvalue weighted by atomic mass is 9.96. The van der Waals surface area contributed by atoms with Gasteiger partial charge in [-0.05, 0) is 50.3 Å². The predicted molar refractivity (Wildman–Crippen MR) is 109 cm³/mol. The molecule has 1 heterocycles. The van der Waals surface area contributed by atoms with Gasteiger partial charge in [-0.2, -0.15) is 0 Å². The summed E-state index contributed by atoms with van der Waals surface area (Å²) >= 11 is 0. The summed E-state index contributed by atoms with van der Waals surface area (Å²) in [6, 6.07) is 5.25. The smallest absolute Gasteiger partial charge is 0.258 e. The van der Waals surface area contributed by atoms with Crippen molar-refractivity contribution in [3.05, 3.63) is 40.3 Å². The number of pyridine rings is 1. The van der Waals surface area contributed by atoms with Crippen LogP contribution < -0.4 is 10.9 Å². The van der Waals surface area contributed by atoms with Gasteiger partial charge >= 0.3 is 0 Å². The number of fused-ring (bicyclic) bond motifs is 1. The summed E-state index contributed by atoms with van der Waals surface area (Å²) in [5.74, 6) is 0.496. The number of aryl methyl sites for hydroxylation is 1. The molecular weight excluding hydrogens is 340 g/mol. The van der Waals surface area contributed by atoms with Crippen LogP contribution in [0.4, 0.5) is 5.69 Å². The van der Waals surface area contributed by atoms with Crippen LogP contribution in [0, 0.1) is 12.8 Å². The number of hydrogen-bond acceptors (Lipinski definition) is 3. The Labute approximate surface area is 160 Å². The zero-order valence-electron chi connectivity index (χ0n) is 16.3. The summed E-state index contributed by atoms with van der Waals surface area (Å²) in [6.45, 7) is 3.65. The summed E-state index contributed by atoms with van der Waals surface area (Å²) in [7, 11) is 0. The molecule has 1 atom stereocenters. The van der Waals surface area contributed by atoms with Crippen LogP contribution in [0.25, 0.3) is 10.8 Å². The summed E-state index contributed by atoms with van der Waals surface area (Å²) in [4.78, 5) is 25.4. The first kappa shape index (κ1) is 19.6. The Morgan fingerprint density at radius 2 is 1.89 bits per heavy atom. The van der Waals surface area contributed by atoms with E-state index in [2.05, 4.69) is 5.32 Å². The number of nitrogens with one attached hydrogen (secondary N) is 1. The molecule has 5 nitrogen and oxygen atoms in total. The van der Waals surface area contributed by atoms with E-state index in [-0.39, 0.29) is 24.1 Å². The Balaban J connectivity index is 1.87. The van der Waals surface area contributed by atoms with Crippen molar-refractivity contribution in [1.82, 2.24) is 4.57 Å². The average Bonchev–Trinajstić information content (AvgIpc) is 2.92. The molecule has 1 amide bonds. The summed E-state index contributed by atoms with van der Waals surface area (Å²) in [6.07, 6.45) is 9.50. The number of aliphatic hydroxyl groups excluding tert-OH is 1. The van der Waals surface area contributed by atoms with Crippen molar-refractivity contribution in [3.8, 4) is 0 Å². The number of amides is 1. The molecule has 2 N–H and O–H groups in total. The van der Waals surface area contributed by atoms with Crippen molar-refractivity contribution in [2.45, 2.75) is 64.8 Å². The van der Waals surface area contributed by atoms with Crippen molar-refractivity contribution >= 4 is 22.4 Å². The number of hydrogen-bond donors (Lipinski definition) is 2. The standard InChI is InChI=1S/C22H30N2O3/c1-15-9-10-19-18(11-12-24(22(19)27)16(2)14-25)21(15)23-20(26)13-17-7-5-3-4-6-8-17/h9-12,16-17,25H,3-8,13-14H2,1-2H3,(H,23,26)/t16-/m1/s1. The fourth-order valence-corrected chi connectivity index (χ4v) is 4.07. The van der Waals surface area contributed by atoms with Crippen molar-refractivity contribution < 1.29 is 9.90 Å². The van der Waals surface area contributed by atoms with Crippen molar-refractivity contribution in [1.29, 1.82) is 0 Å². The second kappa shape index (κ2) is 8.70. The molecule has 5 heteroatoms. The first-order valence-corrected chi connectivity index (χ1v) is 10.1. The highest BCUT2D eigenvalue weighted by Gasteiger charge is 2.18. The van der Waals surface area contributed by atoms with Gasteiger partial charge in [0.1, 0.15) is 0 Å². The van der Waals surface area contributed by atoms with Crippen LogP contribution in [-0.2, 0) is 4.79 Å². The normalized spacial score (nSPS) is 16.9. The molecule has 1 aromatic heterocycles. The number of benzene rings is 1. The number of nitrogens with zero attached hydrogens (tertiary/aromatic N) is 1. The number of aliphatic hydroxyl groups is 1. The van der Waals surface area contributed by atoms with Crippen LogP contribution >= 0.6 is 0 Å². The molecule has 2 aromatic rings. The van der Waals surface area contributed by atoms with Gasteiger partial charge in [0.15, 0.2) is 0 Å². The van der Waals surface area contributed by atoms with Crippen molar-refractivity contribution in [2.24, 2.45) is 5.92 Å². The second-order valence-electron chi connectivity index (χ2n) is 7.89. The van der Waals surface area contributed by atoms with E-state index in [9.17, 15) is 14.7 Å². The molecule has 146 valence electrons. The Morgan fingerprint density at radius 1 is 1.19 bits per heavy atom. The minimum Gasteiger partial charge on any atom is -0.394 e. The number of aromatic nitrogens is 1. The Bertz CT molecular complexity index is 864. The zero-order chi connectivity index (χ0) is 19.4. The van der Waals surface area contributed by atoms with Gasteiger partial charge in [-0.1, -0.05) is 31.7 Å². The third-order valence-corrected chi connectivity index (χ3v) is 5.77. The van der Waals surface area contributed by atoms with Gasteiger partial charge in [0.2, 0.25) is 5.91 Å². The average molecular weight is 370 g/mol. The van der Waals surface area contributed by atoms with E-state index in [1.807, 2.05) is 19.1 Å². The lowest BCUT2D eigenvalue weighted by molar-refractivity contribution is -0.117. The van der Waals surface area contributed by atoms with Gasteiger partial charge in [0, 0.05) is 23.4 Å². The lowest BCUT2D eigenvalue weighted by Crippen LogP contribution is -2.25. The largest absolute Gasteiger partial charge is 0.394 e. The fourth-order valence-electron chi connectivity index (χ4n) is 4.07. The molecule has 0 saturated heterocycles. The first-order valence-electron chi connectivity index (χ1n) is 10.1. The number of rotatable bonds is 5. The first-order chi connectivity index (χ1) is 13.0. The maximum absolute atomic E-state index is 12.8. The van der Waals surface area contributed by atoms with Crippen LogP contribution in [0.1, 0.15) is 63.5 Å². The van der Waals surface area contributed by atoms with Gasteiger partial charge in [-0.15, -0.1) is 0 Å². The SMILES string of the molecule is Cc1ccc2c(=O)n([C@H](C)CO)ccc2c1NC(=O)CC1CCCCCC1. The summed E-state index contributed by atoms with van der Waals surface area (Å²) in [5, 5.41) is 13.8. The Kier molecular flexibility index (Phi) is 6.32. The highest BCUT2D eigenvalue weighted by atomic mass is 16.3. The maximum atomic E-state index is 12.8. The third kappa shape index (κ3) is 4.41. The van der Waals surface area contributed by atoms with Crippen LogP contribution in [-0.4, -0.2) is 22.2 Å². The van der Waals surface area contributed by atoms with Crippen LogP contribution in [0.15, 0.2) is 29.2 Å². The maximum Gasteiger partial charge on any atom is 0.258 e. The molecule has 1 aliphatic rings. The molecule has 0 radical (unpaired) electrons. The number of carbonyl (C=O) groups is 1. The highest BCUT2D eigenvalue weighted by molar-refractivity contribution is 6.03. The van der Waals surface area contributed by atoms with Gasteiger partial charge in [0.05, 0.1) is 18.3 Å². The van der Waals surface area contributed by atoms with Gasteiger partial charge < -0.3 is 15.0 Å². The van der Waals surface area contributed by atoms with E-state index in [4.69, 9.17) is 0 Å². The van der Waals surface area contributed by atoms with E-state index in [0.29, 0.717) is 17.7 Å². The summed E-state index contributed by atoms with van der Waals surface area (Å²) in [5.41, 5.74) is 1.53. The van der Waals surface area contributed by atoms with Crippen molar-refractivity contribution in [2.75, 3.05) is 11.9 Å². The molecule has 0 bridgehead atoms. The number of carbonyl (C=O) groups excluding carboxylic acids is 1. The molecule has 1 aromatic carbocycles. The molecule has 0 unspecified atom stereocenters.